The molecule has 0 atom stereocenters. The molecule has 2 aromatic heterocycles. The molecule has 1 aromatic carbocycles. The Morgan fingerprint density at radius 3 is 2.90 bits per heavy atom. The standard InChI is InChI=1S/C14H11FN4O/c15-13-4-2-9(6-18-13)19-14(20)11-7-17-12-3-1-8(16)5-10(11)12/h1-7,17H,16H2,(H,19,20). The van der Waals surface area contributed by atoms with Crippen LogP contribution in [0, 0.1) is 5.95 Å². The minimum Gasteiger partial charge on any atom is -0.399 e. The Hall–Kier alpha value is -2.89. The minimum atomic E-state index is -0.595. The van der Waals surface area contributed by atoms with E-state index in [9.17, 15) is 9.18 Å². The van der Waals surface area contributed by atoms with Gasteiger partial charge in [-0.2, -0.15) is 4.39 Å². The Morgan fingerprint density at radius 1 is 1.30 bits per heavy atom. The number of nitrogen functional groups attached to an aromatic ring is 1. The van der Waals surface area contributed by atoms with Gasteiger partial charge in [-0.1, -0.05) is 0 Å². The number of nitrogens with two attached hydrogens (primary N) is 1. The van der Waals surface area contributed by atoms with Gasteiger partial charge in [-0.15, -0.1) is 0 Å². The third kappa shape index (κ3) is 2.18. The van der Waals surface area contributed by atoms with Crippen LogP contribution in [0.3, 0.4) is 0 Å². The molecule has 1 amide bonds. The van der Waals surface area contributed by atoms with Crippen molar-refractivity contribution in [3.05, 3.63) is 54.2 Å². The number of anilines is 2. The van der Waals surface area contributed by atoms with E-state index < -0.39 is 5.95 Å². The Bertz CT molecular complexity index is 779. The number of nitrogens with one attached hydrogen (secondary N) is 2. The first-order valence-corrected chi connectivity index (χ1v) is 5.93. The van der Waals surface area contributed by atoms with Gasteiger partial charge in [0.05, 0.1) is 17.4 Å². The van der Waals surface area contributed by atoms with Crippen LogP contribution in [0.1, 0.15) is 10.4 Å². The molecule has 20 heavy (non-hydrogen) atoms. The second-order valence-electron chi connectivity index (χ2n) is 4.33. The first kappa shape index (κ1) is 12.2. The SMILES string of the molecule is Nc1ccc2[nH]cc(C(=O)Nc3ccc(F)nc3)c2c1. The van der Waals surface area contributed by atoms with Gasteiger partial charge in [-0.05, 0) is 30.3 Å². The molecule has 0 fully saturated rings. The first-order valence-electron chi connectivity index (χ1n) is 5.93. The van der Waals surface area contributed by atoms with Crippen molar-refractivity contribution >= 4 is 28.2 Å². The molecule has 0 bridgehead atoms. The zero-order chi connectivity index (χ0) is 14.1. The van der Waals surface area contributed by atoms with Crippen LogP contribution < -0.4 is 11.1 Å². The van der Waals surface area contributed by atoms with Gasteiger partial charge in [0.2, 0.25) is 5.95 Å². The third-order valence-electron chi connectivity index (χ3n) is 2.94. The smallest absolute Gasteiger partial charge is 0.257 e. The maximum Gasteiger partial charge on any atom is 0.257 e. The minimum absolute atomic E-state index is 0.310. The molecule has 0 saturated carbocycles. The lowest BCUT2D eigenvalue weighted by Gasteiger charge is -2.04. The van der Waals surface area contributed by atoms with Gasteiger partial charge in [0.1, 0.15) is 0 Å². The number of H-pyrrole nitrogens is 1. The summed E-state index contributed by atoms with van der Waals surface area (Å²) in [5.41, 5.74) is 8.02. The number of hydrogen-bond acceptors (Lipinski definition) is 3. The third-order valence-corrected chi connectivity index (χ3v) is 2.94. The quantitative estimate of drug-likeness (QED) is 0.494. The number of aromatic amines is 1. The van der Waals surface area contributed by atoms with Crippen LogP contribution >= 0.6 is 0 Å². The van der Waals surface area contributed by atoms with Crippen LogP contribution in [0.15, 0.2) is 42.7 Å². The predicted molar refractivity (Wildman–Crippen MR) is 74.9 cm³/mol. The largest absolute Gasteiger partial charge is 0.399 e. The molecule has 100 valence electrons. The van der Waals surface area contributed by atoms with Crippen LogP contribution in [0.5, 0.6) is 0 Å². The predicted octanol–water partition coefficient (Wildman–Crippen LogP) is 2.54. The highest BCUT2D eigenvalue weighted by atomic mass is 19.1. The topological polar surface area (TPSA) is 83.8 Å². The Labute approximate surface area is 113 Å². The molecule has 0 spiro atoms. The summed E-state index contributed by atoms with van der Waals surface area (Å²) in [5, 5.41) is 3.39. The Morgan fingerprint density at radius 2 is 2.15 bits per heavy atom. The number of hydrogen-bond donors (Lipinski definition) is 3. The number of carbonyl (C=O) groups excluding carboxylic acids is 1. The summed E-state index contributed by atoms with van der Waals surface area (Å²) in [7, 11) is 0. The maximum atomic E-state index is 12.7. The molecule has 3 rings (SSSR count). The molecule has 5 nitrogen and oxygen atoms in total. The van der Waals surface area contributed by atoms with Crippen molar-refractivity contribution in [1.82, 2.24) is 9.97 Å². The number of benzene rings is 1. The summed E-state index contributed by atoms with van der Waals surface area (Å²) in [6.45, 7) is 0. The normalized spacial score (nSPS) is 10.7. The summed E-state index contributed by atoms with van der Waals surface area (Å²) < 4.78 is 12.7. The number of fused-ring (bicyclic) bond motifs is 1. The fraction of sp³-hybridized carbons (Fsp3) is 0. The molecular weight excluding hydrogens is 259 g/mol. The van der Waals surface area contributed by atoms with Crippen LogP contribution in [0.4, 0.5) is 15.8 Å². The van der Waals surface area contributed by atoms with Crippen molar-refractivity contribution < 1.29 is 9.18 Å². The summed E-state index contributed by atoms with van der Waals surface area (Å²) >= 11 is 0. The summed E-state index contributed by atoms with van der Waals surface area (Å²) in [6.07, 6.45) is 2.87. The van der Waals surface area contributed by atoms with Crippen LogP contribution in [-0.4, -0.2) is 15.9 Å². The highest BCUT2D eigenvalue weighted by molar-refractivity contribution is 6.13. The zero-order valence-corrected chi connectivity index (χ0v) is 10.4. The molecule has 6 heteroatoms. The Balaban J connectivity index is 1.92. The monoisotopic (exact) mass is 270 g/mol. The average molecular weight is 270 g/mol. The van der Waals surface area contributed by atoms with E-state index in [1.54, 1.807) is 24.4 Å². The number of halogens is 1. The van der Waals surface area contributed by atoms with E-state index in [1.165, 1.54) is 18.3 Å². The van der Waals surface area contributed by atoms with Crippen LogP contribution in [0.2, 0.25) is 0 Å². The molecule has 0 aliphatic rings. The maximum absolute atomic E-state index is 12.7. The molecular formula is C14H11FN4O. The highest BCUT2D eigenvalue weighted by Crippen LogP contribution is 2.21. The molecule has 4 N–H and O–H groups in total. The van der Waals surface area contributed by atoms with Gasteiger partial charge >= 0.3 is 0 Å². The fourth-order valence-corrected chi connectivity index (χ4v) is 1.97. The summed E-state index contributed by atoms with van der Waals surface area (Å²) in [4.78, 5) is 18.7. The van der Waals surface area contributed by atoms with E-state index in [4.69, 9.17) is 5.73 Å². The molecule has 3 aromatic rings. The number of rotatable bonds is 2. The van der Waals surface area contributed by atoms with Gasteiger partial charge in [0, 0.05) is 22.8 Å². The lowest BCUT2D eigenvalue weighted by molar-refractivity contribution is 0.102. The molecule has 0 aliphatic carbocycles. The van der Waals surface area contributed by atoms with Gasteiger partial charge < -0.3 is 16.0 Å². The molecule has 0 unspecified atom stereocenters. The first-order chi connectivity index (χ1) is 9.63. The second kappa shape index (κ2) is 4.65. The number of pyridine rings is 1. The van der Waals surface area contributed by atoms with Crippen molar-refractivity contribution in [2.24, 2.45) is 0 Å². The van der Waals surface area contributed by atoms with Gasteiger partial charge in [-0.25, -0.2) is 4.98 Å². The van der Waals surface area contributed by atoms with Crippen molar-refractivity contribution in [3.63, 3.8) is 0 Å². The number of aromatic nitrogens is 2. The van der Waals surface area contributed by atoms with Crippen molar-refractivity contribution in [2.45, 2.75) is 0 Å². The Kier molecular flexibility index (Phi) is 2.83. The van der Waals surface area contributed by atoms with Crippen LogP contribution in [0.25, 0.3) is 10.9 Å². The number of carbonyl (C=O) groups is 1. The highest BCUT2D eigenvalue weighted by Gasteiger charge is 2.12. The van der Waals surface area contributed by atoms with Gasteiger partial charge in [0.25, 0.3) is 5.91 Å². The van der Waals surface area contributed by atoms with Gasteiger partial charge in [-0.3, -0.25) is 4.79 Å². The van der Waals surface area contributed by atoms with E-state index in [2.05, 4.69) is 15.3 Å². The van der Waals surface area contributed by atoms with E-state index in [-0.39, 0.29) is 5.91 Å². The number of amides is 1. The molecule has 2 heterocycles. The van der Waals surface area contributed by atoms with E-state index >= 15 is 0 Å². The molecule has 0 aliphatic heterocycles. The van der Waals surface area contributed by atoms with E-state index in [0.717, 1.165) is 10.9 Å². The second-order valence-corrected chi connectivity index (χ2v) is 4.33. The molecule has 0 radical (unpaired) electrons. The van der Waals surface area contributed by atoms with E-state index in [0.29, 0.717) is 16.9 Å². The van der Waals surface area contributed by atoms with Crippen molar-refractivity contribution in [2.75, 3.05) is 11.1 Å². The lowest BCUT2D eigenvalue weighted by atomic mass is 10.1. The van der Waals surface area contributed by atoms with E-state index in [1.807, 2.05) is 0 Å². The zero-order valence-electron chi connectivity index (χ0n) is 10.4. The lowest BCUT2D eigenvalue weighted by Crippen LogP contribution is -2.11. The fourth-order valence-electron chi connectivity index (χ4n) is 1.97. The molecule has 0 saturated heterocycles. The average Bonchev–Trinajstić information content (AvgIpc) is 2.84. The number of nitrogens with zero attached hydrogens (tertiary/aromatic N) is 1. The van der Waals surface area contributed by atoms with Crippen LogP contribution in [-0.2, 0) is 0 Å². The van der Waals surface area contributed by atoms with Gasteiger partial charge in [0.15, 0.2) is 0 Å². The summed E-state index contributed by atoms with van der Waals surface area (Å²) in [5.74, 6) is -0.905. The van der Waals surface area contributed by atoms with Crippen molar-refractivity contribution in [3.8, 4) is 0 Å². The van der Waals surface area contributed by atoms with Crippen molar-refractivity contribution in [1.29, 1.82) is 0 Å². The summed E-state index contributed by atoms with van der Waals surface area (Å²) in [6, 6.07) is 7.92.